The van der Waals surface area contributed by atoms with Crippen LogP contribution in [0.1, 0.15) is 29.3 Å². The highest BCUT2D eigenvalue weighted by Crippen LogP contribution is 2.17. The molecule has 0 spiro atoms. The van der Waals surface area contributed by atoms with Gasteiger partial charge in [0.25, 0.3) is 0 Å². The summed E-state index contributed by atoms with van der Waals surface area (Å²) in [5, 5.41) is 6.67. The van der Waals surface area contributed by atoms with Crippen LogP contribution in [0.25, 0.3) is 0 Å². The number of amides is 1. The molecule has 122 valence electrons. The van der Waals surface area contributed by atoms with Crippen LogP contribution in [0.2, 0.25) is 0 Å². The average molecular weight is 314 g/mol. The molecule has 6 heteroatoms. The minimum Gasteiger partial charge on any atom is -0.355 e. The summed E-state index contributed by atoms with van der Waals surface area (Å²) in [6.07, 6.45) is 1.95. The standard InChI is InChI=1S/C17H22N4O2/c1-13-19-17(23-20-13)7-6-16(22)18-9-11-21-10-8-14-4-2-3-5-15(14)12-21/h2-5H,6-12H2,1H3,(H,18,22). The summed E-state index contributed by atoms with van der Waals surface area (Å²) in [7, 11) is 0. The normalized spacial score (nSPS) is 14.5. The van der Waals surface area contributed by atoms with E-state index in [0.717, 1.165) is 26.1 Å². The SMILES string of the molecule is Cc1noc(CCC(=O)NCCN2CCc3ccccc3C2)n1. The zero-order valence-electron chi connectivity index (χ0n) is 13.4. The van der Waals surface area contributed by atoms with Crippen molar-refractivity contribution in [2.24, 2.45) is 0 Å². The first-order valence-corrected chi connectivity index (χ1v) is 8.06. The van der Waals surface area contributed by atoms with Crippen molar-refractivity contribution < 1.29 is 9.32 Å². The molecule has 1 aliphatic heterocycles. The third-order valence-corrected chi connectivity index (χ3v) is 4.10. The van der Waals surface area contributed by atoms with Crippen LogP contribution in [-0.4, -0.2) is 40.6 Å². The van der Waals surface area contributed by atoms with Gasteiger partial charge in [-0.25, -0.2) is 0 Å². The summed E-state index contributed by atoms with van der Waals surface area (Å²) < 4.78 is 5.00. The van der Waals surface area contributed by atoms with Crippen LogP contribution in [0, 0.1) is 6.92 Å². The van der Waals surface area contributed by atoms with Crippen LogP contribution in [0.15, 0.2) is 28.8 Å². The lowest BCUT2D eigenvalue weighted by Gasteiger charge is -2.28. The molecule has 0 aliphatic carbocycles. The number of aromatic nitrogens is 2. The van der Waals surface area contributed by atoms with Gasteiger partial charge in [0.1, 0.15) is 0 Å². The maximum atomic E-state index is 11.8. The summed E-state index contributed by atoms with van der Waals surface area (Å²) in [4.78, 5) is 18.3. The Kier molecular flexibility index (Phi) is 5.02. The molecule has 0 atom stereocenters. The van der Waals surface area contributed by atoms with Gasteiger partial charge >= 0.3 is 0 Å². The smallest absolute Gasteiger partial charge is 0.227 e. The Balaban J connectivity index is 1.36. The lowest BCUT2D eigenvalue weighted by Crippen LogP contribution is -2.37. The lowest BCUT2D eigenvalue weighted by atomic mass is 10.00. The average Bonchev–Trinajstić information content (AvgIpc) is 2.98. The molecule has 0 saturated heterocycles. The van der Waals surface area contributed by atoms with Crippen molar-refractivity contribution in [3.63, 3.8) is 0 Å². The lowest BCUT2D eigenvalue weighted by molar-refractivity contribution is -0.121. The molecule has 1 N–H and O–H groups in total. The van der Waals surface area contributed by atoms with Crippen molar-refractivity contribution in [1.29, 1.82) is 0 Å². The van der Waals surface area contributed by atoms with Gasteiger partial charge in [0, 0.05) is 39.0 Å². The van der Waals surface area contributed by atoms with E-state index in [2.05, 4.69) is 44.6 Å². The minimum absolute atomic E-state index is 0.0262. The molecule has 6 nitrogen and oxygen atoms in total. The molecule has 3 rings (SSSR count). The van der Waals surface area contributed by atoms with Crippen molar-refractivity contribution in [2.75, 3.05) is 19.6 Å². The number of nitrogens with zero attached hydrogens (tertiary/aromatic N) is 3. The topological polar surface area (TPSA) is 71.3 Å². The second-order valence-electron chi connectivity index (χ2n) is 5.88. The monoisotopic (exact) mass is 314 g/mol. The predicted molar refractivity (Wildman–Crippen MR) is 85.8 cm³/mol. The molecule has 0 fully saturated rings. The fourth-order valence-corrected chi connectivity index (χ4v) is 2.85. The van der Waals surface area contributed by atoms with Crippen molar-refractivity contribution in [1.82, 2.24) is 20.4 Å². The third kappa shape index (κ3) is 4.39. The van der Waals surface area contributed by atoms with E-state index >= 15 is 0 Å². The van der Waals surface area contributed by atoms with Crippen molar-refractivity contribution >= 4 is 5.91 Å². The largest absolute Gasteiger partial charge is 0.355 e. The number of aryl methyl sites for hydroxylation is 2. The summed E-state index contributed by atoms with van der Waals surface area (Å²) in [5.41, 5.74) is 2.85. The number of nitrogens with one attached hydrogen (secondary N) is 1. The molecule has 1 aliphatic rings. The maximum Gasteiger partial charge on any atom is 0.227 e. The summed E-state index contributed by atoms with van der Waals surface area (Å²) in [6, 6.07) is 8.57. The summed E-state index contributed by atoms with van der Waals surface area (Å²) >= 11 is 0. The van der Waals surface area contributed by atoms with Gasteiger partial charge in [-0.3, -0.25) is 9.69 Å². The van der Waals surface area contributed by atoms with E-state index in [1.807, 2.05) is 0 Å². The van der Waals surface area contributed by atoms with Gasteiger partial charge in [-0.1, -0.05) is 29.4 Å². The number of benzene rings is 1. The number of rotatable bonds is 6. The Labute approximate surface area is 135 Å². The molecule has 0 unspecified atom stereocenters. The van der Waals surface area contributed by atoms with Gasteiger partial charge in [-0.05, 0) is 24.5 Å². The van der Waals surface area contributed by atoms with E-state index < -0.39 is 0 Å². The number of carbonyl (C=O) groups excluding carboxylic acids is 1. The molecule has 2 heterocycles. The van der Waals surface area contributed by atoms with Crippen molar-refractivity contribution in [3.05, 3.63) is 47.1 Å². The molecule has 0 bridgehead atoms. The van der Waals surface area contributed by atoms with E-state index in [-0.39, 0.29) is 5.91 Å². The van der Waals surface area contributed by atoms with Gasteiger partial charge < -0.3 is 9.84 Å². The van der Waals surface area contributed by atoms with Crippen LogP contribution in [-0.2, 0) is 24.2 Å². The van der Waals surface area contributed by atoms with Crippen LogP contribution < -0.4 is 5.32 Å². The van der Waals surface area contributed by atoms with Gasteiger partial charge in [0.15, 0.2) is 5.82 Å². The summed E-state index contributed by atoms with van der Waals surface area (Å²) in [5.74, 6) is 1.15. The van der Waals surface area contributed by atoms with E-state index in [1.54, 1.807) is 6.92 Å². The first kappa shape index (κ1) is 15.7. The van der Waals surface area contributed by atoms with Crippen molar-refractivity contribution in [3.8, 4) is 0 Å². The zero-order valence-corrected chi connectivity index (χ0v) is 13.4. The molecule has 1 amide bonds. The van der Waals surface area contributed by atoms with E-state index in [0.29, 0.717) is 31.1 Å². The second kappa shape index (κ2) is 7.37. The fraction of sp³-hybridized carbons (Fsp3) is 0.471. The first-order valence-electron chi connectivity index (χ1n) is 8.06. The van der Waals surface area contributed by atoms with Gasteiger partial charge in [0.2, 0.25) is 11.8 Å². The molecule has 0 radical (unpaired) electrons. The maximum absolute atomic E-state index is 11.8. The molecule has 1 aromatic heterocycles. The Morgan fingerprint density at radius 1 is 1.35 bits per heavy atom. The Morgan fingerprint density at radius 2 is 2.17 bits per heavy atom. The van der Waals surface area contributed by atoms with Gasteiger partial charge in [-0.2, -0.15) is 4.98 Å². The van der Waals surface area contributed by atoms with Crippen LogP contribution in [0.4, 0.5) is 0 Å². The Hall–Kier alpha value is -2.21. The predicted octanol–water partition coefficient (Wildman–Crippen LogP) is 1.49. The van der Waals surface area contributed by atoms with Gasteiger partial charge in [-0.15, -0.1) is 0 Å². The fourth-order valence-electron chi connectivity index (χ4n) is 2.85. The minimum atomic E-state index is 0.0262. The quantitative estimate of drug-likeness (QED) is 0.874. The molecule has 0 saturated carbocycles. The highest BCUT2D eigenvalue weighted by molar-refractivity contribution is 5.75. The molecular weight excluding hydrogens is 292 g/mol. The first-order chi connectivity index (χ1) is 11.2. The zero-order chi connectivity index (χ0) is 16.1. The second-order valence-corrected chi connectivity index (χ2v) is 5.88. The number of fused-ring (bicyclic) bond motifs is 1. The molecule has 23 heavy (non-hydrogen) atoms. The number of carbonyl (C=O) groups is 1. The Morgan fingerprint density at radius 3 is 2.96 bits per heavy atom. The van der Waals surface area contributed by atoms with Crippen molar-refractivity contribution in [2.45, 2.75) is 32.7 Å². The van der Waals surface area contributed by atoms with E-state index in [1.165, 1.54) is 11.1 Å². The highest BCUT2D eigenvalue weighted by atomic mass is 16.5. The van der Waals surface area contributed by atoms with Gasteiger partial charge in [0.05, 0.1) is 0 Å². The third-order valence-electron chi connectivity index (χ3n) is 4.10. The highest BCUT2D eigenvalue weighted by Gasteiger charge is 2.15. The van der Waals surface area contributed by atoms with Crippen LogP contribution in [0.3, 0.4) is 0 Å². The summed E-state index contributed by atoms with van der Waals surface area (Å²) in [6.45, 7) is 5.33. The Bertz CT molecular complexity index is 668. The van der Waals surface area contributed by atoms with Crippen LogP contribution in [0.5, 0.6) is 0 Å². The molecule has 1 aromatic carbocycles. The molecular formula is C17H22N4O2. The number of hydrogen-bond donors (Lipinski definition) is 1. The van der Waals surface area contributed by atoms with Crippen LogP contribution >= 0.6 is 0 Å². The molecule has 2 aromatic rings. The van der Waals surface area contributed by atoms with E-state index in [4.69, 9.17) is 4.52 Å². The van der Waals surface area contributed by atoms with E-state index in [9.17, 15) is 4.79 Å². The number of hydrogen-bond acceptors (Lipinski definition) is 5.